The maximum atomic E-state index is 6.07. The topological polar surface area (TPSA) is 43.6 Å². The second kappa shape index (κ2) is 5.48. The number of rotatable bonds is 2. The van der Waals surface area contributed by atoms with E-state index >= 15 is 0 Å². The Kier molecular flexibility index (Phi) is 3.32. The number of para-hydroxylation sites is 2. The number of benzene rings is 2. The van der Waals surface area contributed by atoms with E-state index in [0.717, 1.165) is 33.8 Å². The second-order valence-electron chi connectivity index (χ2n) is 5.28. The van der Waals surface area contributed by atoms with E-state index in [4.69, 9.17) is 11.6 Å². The number of hydrogen-bond acceptors (Lipinski definition) is 3. The quantitative estimate of drug-likeness (QED) is 0.551. The maximum Gasteiger partial charge on any atom is 0.159 e. The lowest BCUT2D eigenvalue weighted by Gasteiger charge is -2.05. The molecule has 2 aromatic heterocycles. The van der Waals surface area contributed by atoms with Crippen LogP contribution in [0.2, 0.25) is 5.02 Å². The Balaban J connectivity index is 1.86. The van der Waals surface area contributed by atoms with Gasteiger partial charge in [-0.05, 0) is 30.3 Å². The Morgan fingerprint density at radius 1 is 0.913 bits per heavy atom. The third-order valence-electron chi connectivity index (χ3n) is 3.80. The predicted octanol–water partition coefficient (Wildman–Crippen LogP) is 4.35. The van der Waals surface area contributed by atoms with E-state index in [-0.39, 0.29) is 0 Å². The second-order valence-corrected chi connectivity index (χ2v) is 5.72. The van der Waals surface area contributed by atoms with Gasteiger partial charge in [0.2, 0.25) is 0 Å². The van der Waals surface area contributed by atoms with Crippen LogP contribution in [0.15, 0.2) is 60.9 Å². The third-order valence-corrected chi connectivity index (χ3v) is 4.04. The minimum Gasteiger partial charge on any atom is -0.326 e. The number of nitrogens with zero attached hydrogens (tertiary/aromatic N) is 4. The standard InChI is InChI=1S/C18H13ClN4/c1-23-17-8-3-2-7-14(17)22-18(23)16-10-15(20-11-21-16)12-5-4-6-13(19)9-12/h2-11H,1H3. The van der Waals surface area contributed by atoms with Crippen LogP contribution in [-0.4, -0.2) is 19.5 Å². The summed E-state index contributed by atoms with van der Waals surface area (Å²) in [6, 6.07) is 17.6. The molecule has 112 valence electrons. The smallest absolute Gasteiger partial charge is 0.159 e. The van der Waals surface area contributed by atoms with Gasteiger partial charge in [-0.15, -0.1) is 0 Å². The molecule has 0 N–H and O–H groups in total. The van der Waals surface area contributed by atoms with Crippen LogP contribution in [0.3, 0.4) is 0 Å². The molecule has 2 heterocycles. The molecular formula is C18H13ClN4. The Bertz CT molecular complexity index is 1010. The molecule has 0 fully saturated rings. The summed E-state index contributed by atoms with van der Waals surface area (Å²) in [6.07, 6.45) is 1.56. The van der Waals surface area contributed by atoms with Crippen LogP contribution >= 0.6 is 11.6 Å². The van der Waals surface area contributed by atoms with Gasteiger partial charge in [0.25, 0.3) is 0 Å². The summed E-state index contributed by atoms with van der Waals surface area (Å²) in [5, 5.41) is 0.686. The van der Waals surface area contributed by atoms with Crippen molar-refractivity contribution in [2.75, 3.05) is 0 Å². The molecule has 0 spiro atoms. The Hall–Kier alpha value is -2.72. The summed E-state index contributed by atoms with van der Waals surface area (Å²) in [5.74, 6) is 0.817. The van der Waals surface area contributed by atoms with Crippen molar-refractivity contribution in [2.45, 2.75) is 0 Å². The van der Waals surface area contributed by atoms with Crippen LogP contribution in [0.25, 0.3) is 33.8 Å². The van der Waals surface area contributed by atoms with Crippen LogP contribution in [0.4, 0.5) is 0 Å². The number of aromatic nitrogens is 4. The highest BCUT2D eigenvalue weighted by molar-refractivity contribution is 6.30. The van der Waals surface area contributed by atoms with Crippen LogP contribution < -0.4 is 0 Å². The van der Waals surface area contributed by atoms with Crippen LogP contribution in [-0.2, 0) is 7.05 Å². The van der Waals surface area contributed by atoms with Gasteiger partial charge >= 0.3 is 0 Å². The molecule has 0 amide bonds. The van der Waals surface area contributed by atoms with Crippen molar-refractivity contribution in [3.8, 4) is 22.8 Å². The molecule has 0 atom stereocenters. The fourth-order valence-corrected chi connectivity index (χ4v) is 2.85. The van der Waals surface area contributed by atoms with E-state index in [0.29, 0.717) is 5.02 Å². The average Bonchev–Trinajstić information content (AvgIpc) is 2.92. The summed E-state index contributed by atoms with van der Waals surface area (Å²) >= 11 is 6.07. The zero-order valence-electron chi connectivity index (χ0n) is 12.4. The van der Waals surface area contributed by atoms with Crippen molar-refractivity contribution in [1.82, 2.24) is 19.5 Å². The molecule has 0 saturated heterocycles. The van der Waals surface area contributed by atoms with E-state index in [9.17, 15) is 0 Å². The zero-order valence-corrected chi connectivity index (χ0v) is 13.2. The SMILES string of the molecule is Cn1c(-c2cc(-c3cccc(Cl)c3)ncn2)nc2ccccc21. The van der Waals surface area contributed by atoms with Gasteiger partial charge in [0.05, 0.1) is 16.7 Å². The third kappa shape index (κ3) is 2.47. The molecule has 0 saturated carbocycles. The average molecular weight is 321 g/mol. The van der Waals surface area contributed by atoms with Gasteiger partial charge in [0, 0.05) is 17.6 Å². The van der Waals surface area contributed by atoms with Gasteiger partial charge in [-0.3, -0.25) is 0 Å². The van der Waals surface area contributed by atoms with E-state index in [2.05, 4.69) is 15.0 Å². The molecule has 0 aliphatic rings. The predicted molar refractivity (Wildman–Crippen MR) is 92.2 cm³/mol. The van der Waals surface area contributed by atoms with E-state index in [1.165, 1.54) is 0 Å². The van der Waals surface area contributed by atoms with Crippen LogP contribution in [0.1, 0.15) is 0 Å². The number of aryl methyl sites for hydroxylation is 1. The molecule has 0 unspecified atom stereocenters. The number of imidazole rings is 1. The molecule has 2 aromatic carbocycles. The van der Waals surface area contributed by atoms with Crippen molar-refractivity contribution in [3.05, 3.63) is 65.9 Å². The van der Waals surface area contributed by atoms with Crippen LogP contribution in [0, 0.1) is 0 Å². The summed E-state index contributed by atoms with van der Waals surface area (Å²) in [4.78, 5) is 13.4. The van der Waals surface area contributed by atoms with Crippen molar-refractivity contribution in [2.24, 2.45) is 7.05 Å². The van der Waals surface area contributed by atoms with E-state index in [1.807, 2.05) is 66.2 Å². The molecule has 23 heavy (non-hydrogen) atoms. The molecular weight excluding hydrogens is 308 g/mol. The van der Waals surface area contributed by atoms with Crippen molar-refractivity contribution >= 4 is 22.6 Å². The molecule has 5 heteroatoms. The highest BCUT2D eigenvalue weighted by Gasteiger charge is 2.12. The Morgan fingerprint density at radius 2 is 1.74 bits per heavy atom. The monoisotopic (exact) mass is 320 g/mol. The molecule has 0 aliphatic heterocycles. The van der Waals surface area contributed by atoms with Gasteiger partial charge in [-0.1, -0.05) is 35.9 Å². The maximum absolute atomic E-state index is 6.07. The first-order valence-electron chi connectivity index (χ1n) is 7.22. The lowest BCUT2D eigenvalue weighted by molar-refractivity contribution is 0.947. The highest BCUT2D eigenvalue weighted by atomic mass is 35.5. The lowest BCUT2D eigenvalue weighted by Crippen LogP contribution is -1.96. The lowest BCUT2D eigenvalue weighted by atomic mass is 10.1. The van der Waals surface area contributed by atoms with Gasteiger partial charge in [0.15, 0.2) is 5.82 Å². The number of halogens is 1. The molecule has 0 aliphatic carbocycles. The summed E-state index contributed by atoms with van der Waals surface area (Å²) in [7, 11) is 1.99. The molecule has 4 aromatic rings. The molecule has 0 radical (unpaired) electrons. The zero-order chi connectivity index (χ0) is 15.8. The summed E-state index contributed by atoms with van der Waals surface area (Å²) in [5.41, 5.74) is 4.59. The van der Waals surface area contributed by atoms with Crippen molar-refractivity contribution in [1.29, 1.82) is 0 Å². The van der Waals surface area contributed by atoms with Crippen molar-refractivity contribution in [3.63, 3.8) is 0 Å². The summed E-state index contributed by atoms with van der Waals surface area (Å²) < 4.78 is 2.04. The first kappa shape index (κ1) is 13.9. The fourth-order valence-electron chi connectivity index (χ4n) is 2.66. The first-order valence-corrected chi connectivity index (χ1v) is 7.60. The minimum absolute atomic E-state index is 0.686. The summed E-state index contributed by atoms with van der Waals surface area (Å²) in [6.45, 7) is 0. The van der Waals surface area contributed by atoms with Gasteiger partial charge in [-0.25, -0.2) is 15.0 Å². The van der Waals surface area contributed by atoms with Crippen molar-refractivity contribution < 1.29 is 0 Å². The van der Waals surface area contributed by atoms with E-state index in [1.54, 1.807) is 6.33 Å². The number of fused-ring (bicyclic) bond motifs is 1. The molecule has 0 bridgehead atoms. The molecule has 4 rings (SSSR count). The number of hydrogen-bond donors (Lipinski definition) is 0. The molecule has 4 nitrogen and oxygen atoms in total. The van der Waals surface area contributed by atoms with Crippen LogP contribution in [0.5, 0.6) is 0 Å². The first-order chi connectivity index (χ1) is 11.2. The Labute approximate surface area is 138 Å². The van der Waals surface area contributed by atoms with Gasteiger partial charge in [0.1, 0.15) is 12.0 Å². The highest BCUT2D eigenvalue weighted by Crippen LogP contribution is 2.26. The van der Waals surface area contributed by atoms with E-state index < -0.39 is 0 Å². The minimum atomic E-state index is 0.686. The largest absolute Gasteiger partial charge is 0.326 e. The Morgan fingerprint density at radius 3 is 2.57 bits per heavy atom. The van der Waals surface area contributed by atoms with Gasteiger partial charge < -0.3 is 4.57 Å². The normalized spacial score (nSPS) is 11.0. The van der Waals surface area contributed by atoms with Gasteiger partial charge in [-0.2, -0.15) is 0 Å². The fraction of sp³-hybridized carbons (Fsp3) is 0.0556.